The van der Waals surface area contributed by atoms with E-state index in [1.165, 1.54) is 23.5 Å². The first-order chi connectivity index (χ1) is 14.4. The van der Waals surface area contributed by atoms with Crippen molar-refractivity contribution in [3.8, 4) is 11.3 Å². The van der Waals surface area contributed by atoms with Crippen LogP contribution in [0.5, 0.6) is 0 Å². The Morgan fingerprint density at radius 3 is 2.43 bits per heavy atom. The Bertz CT molecular complexity index is 1270. The third-order valence-electron chi connectivity index (χ3n) is 4.99. The maximum atomic E-state index is 13.1. The number of rotatable bonds is 7. The van der Waals surface area contributed by atoms with Crippen molar-refractivity contribution in [3.63, 3.8) is 0 Å². The lowest BCUT2D eigenvalue weighted by Gasteiger charge is -2.07. The number of halogens is 1. The summed E-state index contributed by atoms with van der Waals surface area (Å²) < 4.78 is 43.1. The lowest BCUT2D eigenvalue weighted by Crippen LogP contribution is -2.23. The zero-order valence-corrected chi connectivity index (χ0v) is 18.4. The Hall–Kier alpha value is -2.55. The maximum absolute atomic E-state index is 13.1. The van der Waals surface area contributed by atoms with Crippen molar-refractivity contribution in [2.24, 2.45) is 0 Å². The molecule has 1 N–H and O–H groups in total. The number of hydrogen-bond donors (Lipinski definition) is 1. The van der Waals surface area contributed by atoms with E-state index in [1.54, 1.807) is 24.3 Å². The molecule has 0 aliphatic rings. The average Bonchev–Trinajstić information content (AvgIpc) is 3.27. The lowest BCUT2D eigenvalue weighted by molar-refractivity contribution is 0.581. The highest BCUT2D eigenvalue weighted by atomic mass is 32.2. The van der Waals surface area contributed by atoms with Crippen LogP contribution in [-0.2, 0) is 23.0 Å². The molecule has 2 heterocycles. The number of hydrogen-bond acceptors (Lipinski definition) is 4. The molecule has 0 saturated heterocycles. The van der Waals surface area contributed by atoms with E-state index in [2.05, 4.69) is 16.6 Å². The van der Waals surface area contributed by atoms with Crippen LogP contribution in [0, 0.1) is 12.7 Å². The third-order valence-corrected chi connectivity index (χ3v) is 7.56. The second-order valence-corrected chi connectivity index (χ2v) is 9.94. The van der Waals surface area contributed by atoms with E-state index in [0.717, 1.165) is 45.2 Å². The number of nitrogens with zero attached hydrogens (tertiary/aromatic N) is 2. The maximum Gasteiger partial charge on any atom is 0.240 e. The Morgan fingerprint density at radius 2 is 1.80 bits per heavy atom. The Kier molecular flexibility index (Phi) is 5.73. The summed E-state index contributed by atoms with van der Waals surface area (Å²) in [6, 6.07) is 13.2. The minimum atomic E-state index is -3.59. The first kappa shape index (κ1) is 20.7. The first-order valence-electron chi connectivity index (χ1n) is 9.69. The van der Waals surface area contributed by atoms with Gasteiger partial charge in [-0.25, -0.2) is 22.5 Å². The number of aryl methyl sites for hydroxylation is 2. The first-order valence-corrected chi connectivity index (χ1v) is 12.0. The zero-order valence-electron chi connectivity index (χ0n) is 16.7. The van der Waals surface area contributed by atoms with E-state index in [1.807, 2.05) is 29.7 Å². The van der Waals surface area contributed by atoms with Crippen LogP contribution in [0.3, 0.4) is 0 Å². The minimum Gasteiger partial charge on any atom is -0.294 e. The van der Waals surface area contributed by atoms with E-state index in [-0.39, 0.29) is 17.3 Å². The molecule has 0 spiro atoms. The second kappa shape index (κ2) is 8.29. The van der Waals surface area contributed by atoms with Gasteiger partial charge in [0.1, 0.15) is 5.82 Å². The van der Waals surface area contributed by atoms with E-state index >= 15 is 0 Å². The minimum absolute atomic E-state index is 0.199. The summed E-state index contributed by atoms with van der Waals surface area (Å²) in [4.78, 5) is 6.54. The van der Waals surface area contributed by atoms with Crippen molar-refractivity contribution in [1.82, 2.24) is 14.1 Å². The SMILES string of the molecule is CCCc1ccc(S(=O)(=O)NCc2sc3nc(-c4ccc(F)cc4)cn3c2C)cc1. The molecule has 0 aliphatic heterocycles. The number of aromatic nitrogens is 2. The molecule has 156 valence electrons. The van der Waals surface area contributed by atoms with Crippen LogP contribution in [0.15, 0.2) is 59.6 Å². The Balaban J connectivity index is 1.51. The van der Waals surface area contributed by atoms with Gasteiger partial charge in [-0.15, -0.1) is 0 Å². The Morgan fingerprint density at radius 1 is 1.10 bits per heavy atom. The van der Waals surface area contributed by atoms with Crippen LogP contribution >= 0.6 is 11.3 Å². The number of sulfonamides is 1. The molecule has 8 heteroatoms. The molecule has 4 aromatic rings. The predicted octanol–water partition coefficient (Wildman–Crippen LogP) is 4.94. The third kappa shape index (κ3) is 4.16. The summed E-state index contributed by atoms with van der Waals surface area (Å²) in [5.74, 6) is -0.287. The largest absolute Gasteiger partial charge is 0.294 e. The van der Waals surface area contributed by atoms with Gasteiger partial charge in [-0.1, -0.05) is 36.8 Å². The van der Waals surface area contributed by atoms with Crippen molar-refractivity contribution in [1.29, 1.82) is 0 Å². The zero-order chi connectivity index (χ0) is 21.3. The predicted molar refractivity (Wildman–Crippen MR) is 118 cm³/mol. The summed E-state index contributed by atoms with van der Waals surface area (Å²) in [6.07, 6.45) is 3.84. The number of fused-ring (bicyclic) bond motifs is 1. The van der Waals surface area contributed by atoms with Gasteiger partial charge in [0.2, 0.25) is 10.0 Å². The van der Waals surface area contributed by atoms with Gasteiger partial charge in [0, 0.05) is 28.9 Å². The van der Waals surface area contributed by atoms with Crippen molar-refractivity contribution < 1.29 is 12.8 Å². The molecule has 0 bridgehead atoms. The number of benzene rings is 2. The topological polar surface area (TPSA) is 63.5 Å². The number of imidazole rings is 1. The number of thiazole rings is 1. The fourth-order valence-corrected chi connectivity index (χ4v) is 5.42. The average molecular weight is 444 g/mol. The van der Waals surface area contributed by atoms with Gasteiger partial charge in [-0.05, 0) is 55.3 Å². The van der Waals surface area contributed by atoms with Gasteiger partial charge in [0.25, 0.3) is 0 Å². The van der Waals surface area contributed by atoms with Crippen molar-refractivity contribution in [2.45, 2.75) is 38.1 Å². The highest BCUT2D eigenvalue weighted by Crippen LogP contribution is 2.27. The molecule has 0 fully saturated rings. The molecule has 5 nitrogen and oxygen atoms in total. The van der Waals surface area contributed by atoms with Crippen LogP contribution in [0.2, 0.25) is 0 Å². The monoisotopic (exact) mass is 443 g/mol. The fraction of sp³-hybridized carbons (Fsp3) is 0.227. The summed E-state index contributed by atoms with van der Waals surface area (Å²) in [6.45, 7) is 4.22. The fourth-order valence-electron chi connectivity index (χ4n) is 3.29. The molecule has 0 saturated carbocycles. The van der Waals surface area contributed by atoms with Crippen LogP contribution in [0.4, 0.5) is 4.39 Å². The van der Waals surface area contributed by atoms with Gasteiger partial charge in [-0.2, -0.15) is 0 Å². The van der Waals surface area contributed by atoms with Gasteiger partial charge in [0.05, 0.1) is 10.6 Å². The molecule has 2 aromatic carbocycles. The molecule has 30 heavy (non-hydrogen) atoms. The van der Waals surface area contributed by atoms with Crippen molar-refractivity contribution >= 4 is 26.3 Å². The smallest absolute Gasteiger partial charge is 0.240 e. The highest BCUT2D eigenvalue weighted by Gasteiger charge is 2.17. The lowest BCUT2D eigenvalue weighted by atomic mass is 10.1. The molecule has 0 aliphatic carbocycles. The van der Waals surface area contributed by atoms with Crippen LogP contribution in [-0.4, -0.2) is 17.8 Å². The molecule has 0 atom stereocenters. The van der Waals surface area contributed by atoms with Crippen LogP contribution in [0.1, 0.15) is 29.5 Å². The van der Waals surface area contributed by atoms with Gasteiger partial charge in [-0.3, -0.25) is 4.40 Å². The van der Waals surface area contributed by atoms with E-state index in [4.69, 9.17) is 0 Å². The standard InChI is InChI=1S/C22H22FN3O2S2/c1-3-4-16-5-11-19(12-6-16)30(27,28)24-13-21-15(2)26-14-20(25-22(26)29-21)17-7-9-18(23)10-8-17/h5-12,14,24H,3-4,13H2,1-2H3. The van der Waals surface area contributed by atoms with Gasteiger partial charge < -0.3 is 0 Å². The molecule has 0 radical (unpaired) electrons. The van der Waals surface area contributed by atoms with E-state index in [9.17, 15) is 12.8 Å². The molecule has 4 rings (SSSR count). The summed E-state index contributed by atoms with van der Waals surface area (Å²) >= 11 is 1.44. The highest BCUT2D eigenvalue weighted by molar-refractivity contribution is 7.89. The van der Waals surface area contributed by atoms with Crippen LogP contribution < -0.4 is 4.72 Å². The normalized spacial score (nSPS) is 12.0. The number of nitrogens with one attached hydrogen (secondary N) is 1. The van der Waals surface area contributed by atoms with Gasteiger partial charge >= 0.3 is 0 Å². The van der Waals surface area contributed by atoms with Crippen LogP contribution in [0.25, 0.3) is 16.2 Å². The molecular formula is C22H22FN3O2S2. The summed E-state index contributed by atoms with van der Waals surface area (Å²) in [5.41, 5.74) is 3.64. The molecule has 0 unspecified atom stereocenters. The second-order valence-electron chi connectivity index (χ2n) is 7.11. The summed E-state index contributed by atoms with van der Waals surface area (Å²) in [5, 5.41) is 0. The van der Waals surface area contributed by atoms with Crippen molar-refractivity contribution in [2.75, 3.05) is 0 Å². The molecular weight excluding hydrogens is 421 g/mol. The summed E-state index contributed by atoms with van der Waals surface area (Å²) in [7, 11) is -3.59. The molecule has 2 aromatic heterocycles. The van der Waals surface area contributed by atoms with E-state index in [0.29, 0.717) is 0 Å². The van der Waals surface area contributed by atoms with Crippen molar-refractivity contribution in [3.05, 3.63) is 76.7 Å². The molecule has 0 amide bonds. The Labute approximate surface area is 179 Å². The quantitative estimate of drug-likeness (QED) is 0.440. The van der Waals surface area contributed by atoms with Gasteiger partial charge in [0.15, 0.2) is 4.96 Å². The van der Waals surface area contributed by atoms with E-state index < -0.39 is 10.0 Å².